The number of guanidine groups is 1. The Bertz CT molecular complexity index is 342. The lowest BCUT2D eigenvalue weighted by Gasteiger charge is -2.21. The lowest BCUT2D eigenvalue weighted by molar-refractivity contribution is 0.476. The third kappa shape index (κ3) is 8.04. The van der Waals surface area contributed by atoms with Crippen LogP contribution in [0.4, 0.5) is 0 Å². The van der Waals surface area contributed by atoms with Crippen molar-refractivity contribution in [2.45, 2.75) is 19.4 Å². The summed E-state index contributed by atoms with van der Waals surface area (Å²) in [5.41, 5.74) is 1.34. The summed E-state index contributed by atoms with van der Waals surface area (Å²) in [5.74, 6) is 2.22. The van der Waals surface area contributed by atoms with Crippen molar-refractivity contribution in [1.29, 1.82) is 0 Å². The van der Waals surface area contributed by atoms with E-state index in [0.29, 0.717) is 0 Å². The van der Waals surface area contributed by atoms with E-state index in [2.05, 4.69) is 45.3 Å². The van der Waals surface area contributed by atoms with Gasteiger partial charge in [-0.15, -0.1) is 24.0 Å². The third-order valence-corrected chi connectivity index (χ3v) is 4.06. The first-order valence-electron chi connectivity index (χ1n) is 6.19. The second kappa shape index (κ2) is 11.8. The smallest absolute Gasteiger partial charge is 0.193 e. The molecule has 19 heavy (non-hydrogen) atoms. The molecule has 0 atom stereocenters. The van der Waals surface area contributed by atoms with Gasteiger partial charge in [0.2, 0.25) is 0 Å². The molecule has 0 fully saturated rings. The molecule has 3 nitrogen and oxygen atoms in total. The first kappa shape index (κ1) is 19.1. The fourth-order valence-corrected chi connectivity index (χ4v) is 2.84. The fourth-order valence-electron chi connectivity index (χ4n) is 1.69. The Morgan fingerprint density at radius 2 is 2.26 bits per heavy atom. The zero-order valence-electron chi connectivity index (χ0n) is 11.9. The lowest BCUT2D eigenvalue weighted by Crippen LogP contribution is -2.38. The number of hydrogen-bond donors (Lipinski definition) is 1. The molecular formula is C13H24IN3S2. The van der Waals surface area contributed by atoms with Gasteiger partial charge in [-0.2, -0.15) is 23.1 Å². The molecule has 0 aliphatic carbocycles. The van der Waals surface area contributed by atoms with Crippen LogP contribution < -0.4 is 5.32 Å². The van der Waals surface area contributed by atoms with Crippen LogP contribution in [0.3, 0.4) is 0 Å². The molecule has 110 valence electrons. The standard InChI is InChI=1S/C13H23N3S2.HI/c1-14-13(15-7-4-5-8-17-3)16(2)10-12-6-9-18-11-12;/h6,9,11H,4-5,7-8,10H2,1-3H3,(H,14,15);1H. The number of rotatable bonds is 7. The number of thiophene rings is 1. The average Bonchev–Trinajstić information content (AvgIpc) is 2.86. The number of unbranched alkanes of at least 4 members (excludes halogenated alkanes) is 1. The highest BCUT2D eigenvalue weighted by Crippen LogP contribution is 2.08. The van der Waals surface area contributed by atoms with E-state index in [1.807, 2.05) is 18.8 Å². The van der Waals surface area contributed by atoms with Crippen LogP contribution in [0, 0.1) is 0 Å². The topological polar surface area (TPSA) is 27.6 Å². The highest BCUT2D eigenvalue weighted by atomic mass is 127. The number of thioether (sulfide) groups is 1. The van der Waals surface area contributed by atoms with E-state index >= 15 is 0 Å². The van der Waals surface area contributed by atoms with Gasteiger partial charge in [-0.25, -0.2) is 0 Å². The maximum Gasteiger partial charge on any atom is 0.193 e. The van der Waals surface area contributed by atoms with Gasteiger partial charge in [0.15, 0.2) is 5.96 Å². The summed E-state index contributed by atoms with van der Waals surface area (Å²) >= 11 is 3.65. The number of nitrogens with zero attached hydrogens (tertiary/aromatic N) is 2. The Hall–Kier alpha value is 0.0500. The highest BCUT2D eigenvalue weighted by molar-refractivity contribution is 14.0. The summed E-state index contributed by atoms with van der Waals surface area (Å²) < 4.78 is 0. The SMILES string of the molecule is CN=C(NCCCCSC)N(C)Cc1ccsc1.I. The monoisotopic (exact) mass is 413 g/mol. The summed E-state index contributed by atoms with van der Waals surface area (Å²) in [6.07, 6.45) is 4.62. The fraction of sp³-hybridized carbons (Fsp3) is 0.615. The van der Waals surface area contributed by atoms with E-state index in [1.54, 1.807) is 11.3 Å². The summed E-state index contributed by atoms with van der Waals surface area (Å²) in [6.45, 7) is 1.91. The molecule has 0 amide bonds. The van der Waals surface area contributed by atoms with E-state index in [1.165, 1.54) is 24.2 Å². The van der Waals surface area contributed by atoms with Crippen LogP contribution >= 0.6 is 47.1 Å². The second-order valence-electron chi connectivity index (χ2n) is 4.16. The highest BCUT2D eigenvalue weighted by Gasteiger charge is 2.05. The maximum atomic E-state index is 4.32. The van der Waals surface area contributed by atoms with Gasteiger partial charge in [0.05, 0.1) is 0 Å². The molecule has 0 unspecified atom stereocenters. The Morgan fingerprint density at radius 3 is 2.84 bits per heavy atom. The number of nitrogens with one attached hydrogen (secondary N) is 1. The molecule has 0 radical (unpaired) electrons. The minimum absolute atomic E-state index is 0. The summed E-state index contributed by atoms with van der Waals surface area (Å²) in [5, 5.41) is 7.71. The molecule has 0 bridgehead atoms. The summed E-state index contributed by atoms with van der Waals surface area (Å²) in [7, 11) is 3.92. The first-order chi connectivity index (χ1) is 8.77. The largest absolute Gasteiger partial charge is 0.356 e. The van der Waals surface area contributed by atoms with Crippen LogP contribution in [0.1, 0.15) is 18.4 Å². The van der Waals surface area contributed by atoms with Gasteiger partial charge >= 0.3 is 0 Å². The number of aliphatic imine (C=N–C) groups is 1. The van der Waals surface area contributed by atoms with Crippen molar-refractivity contribution in [2.75, 3.05) is 32.6 Å². The van der Waals surface area contributed by atoms with E-state index in [-0.39, 0.29) is 24.0 Å². The van der Waals surface area contributed by atoms with E-state index in [0.717, 1.165) is 19.0 Å². The van der Waals surface area contributed by atoms with Crippen molar-refractivity contribution >= 4 is 53.0 Å². The molecule has 0 aliphatic heterocycles. The molecule has 1 aromatic rings. The van der Waals surface area contributed by atoms with Gasteiger partial charge in [0, 0.05) is 27.2 Å². The molecule has 0 aromatic carbocycles. The molecule has 1 N–H and O–H groups in total. The normalized spacial score (nSPS) is 11.0. The zero-order chi connectivity index (χ0) is 13.2. The Morgan fingerprint density at radius 1 is 1.47 bits per heavy atom. The molecular weight excluding hydrogens is 389 g/mol. The van der Waals surface area contributed by atoms with Gasteiger partial charge in [-0.05, 0) is 47.2 Å². The first-order valence-corrected chi connectivity index (χ1v) is 8.53. The van der Waals surface area contributed by atoms with Crippen LogP contribution in [0.2, 0.25) is 0 Å². The van der Waals surface area contributed by atoms with Gasteiger partial charge in [-0.1, -0.05) is 0 Å². The van der Waals surface area contributed by atoms with Gasteiger partial charge in [0.1, 0.15) is 0 Å². The van der Waals surface area contributed by atoms with E-state index in [9.17, 15) is 0 Å². The lowest BCUT2D eigenvalue weighted by atomic mass is 10.3. The average molecular weight is 413 g/mol. The van der Waals surface area contributed by atoms with Crippen LogP contribution in [-0.2, 0) is 6.54 Å². The molecule has 0 saturated carbocycles. The van der Waals surface area contributed by atoms with Crippen molar-refractivity contribution < 1.29 is 0 Å². The van der Waals surface area contributed by atoms with Crippen LogP contribution in [-0.4, -0.2) is 43.5 Å². The van der Waals surface area contributed by atoms with E-state index < -0.39 is 0 Å². The maximum absolute atomic E-state index is 4.32. The number of hydrogen-bond acceptors (Lipinski definition) is 3. The van der Waals surface area contributed by atoms with Gasteiger partial charge in [0.25, 0.3) is 0 Å². The predicted octanol–water partition coefficient (Wildman–Crippen LogP) is 3.52. The van der Waals surface area contributed by atoms with Gasteiger partial charge < -0.3 is 10.2 Å². The van der Waals surface area contributed by atoms with Crippen LogP contribution in [0.5, 0.6) is 0 Å². The minimum atomic E-state index is 0. The molecule has 0 spiro atoms. The molecule has 1 heterocycles. The Labute approximate surface area is 142 Å². The number of halogens is 1. The molecule has 1 aromatic heterocycles. The Kier molecular flexibility index (Phi) is 11.9. The minimum Gasteiger partial charge on any atom is -0.356 e. The van der Waals surface area contributed by atoms with Crippen molar-refractivity contribution in [2.24, 2.45) is 4.99 Å². The van der Waals surface area contributed by atoms with Crippen molar-refractivity contribution in [1.82, 2.24) is 10.2 Å². The van der Waals surface area contributed by atoms with Crippen molar-refractivity contribution in [3.63, 3.8) is 0 Å². The molecule has 0 aliphatic rings. The van der Waals surface area contributed by atoms with Crippen molar-refractivity contribution in [3.05, 3.63) is 22.4 Å². The zero-order valence-corrected chi connectivity index (χ0v) is 15.9. The summed E-state index contributed by atoms with van der Waals surface area (Å²) in [6, 6.07) is 2.16. The summed E-state index contributed by atoms with van der Waals surface area (Å²) in [4.78, 5) is 6.48. The predicted molar refractivity (Wildman–Crippen MR) is 100 cm³/mol. The molecule has 0 saturated heterocycles. The molecule has 6 heteroatoms. The van der Waals surface area contributed by atoms with E-state index in [4.69, 9.17) is 0 Å². The van der Waals surface area contributed by atoms with Crippen molar-refractivity contribution in [3.8, 4) is 0 Å². The molecule has 1 rings (SSSR count). The second-order valence-corrected chi connectivity index (χ2v) is 5.93. The quantitative estimate of drug-likeness (QED) is 0.321. The van der Waals surface area contributed by atoms with Crippen LogP contribution in [0.15, 0.2) is 21.8 Å². The third-order valence-electron chi connectivity index (χ3n) is 2.63. The Balaban J connectivity index is 0.00000324. The van der Waals surface area contributed by atoms with Gasteiger partial charge in [-0.3, -0.25) is 4.99 Å². The van der Waals surface area contributed by atoms with Crippen LogP contribution in [0.25, 0.3) is 0 Å².